The lowest BCUT2D eigenvalue weighted by Gasteiger charge is -2.19. The van der Waals surface area contributed by atoms with Gasteiger partial charge in [0.2, 0.25) is 6.10 Å². The summed E-state index contributed by atoms with van der Waals surface area (Å²) in [5.41, 5.74) is 0.507. The minimum atomic E-state index is -4.52. The van der Waals surface area contributed by atoms with Crippen LogP contribution in [0.1, 0.15) is 22.8 Å². The monoisotopic (exact) mass is 354 g/mol. The fourth-order valence-electron chi connectivity index (χ4n) is 2.10. The first kappa shape index (κ1) is 18.8. The zero-order valence-electron chi connectivity index (χ0n) is 13.4. The van der Waals surface area contributed by atoms with E-state index >= 15 is 0 Å². The van der Waals surface area contributed by atoms with Crippen molar-refractivity contribution in [1.82, 2.24) is 0 Å². The predicted octanol–water partition coefficient (Wildman–Crippen LogP) is 3.67. The van der Waals surface area contributed by atoms with E-state index < -0.39 is 23.8 Å². The molecule has 0 aliphatic heterocycles. The highest BCUT2D eigenvalue weighted by atomic mass is 19.4. The average molecular weight is 354 g/mol. The van der Waals surface area contributed by atoms with Crippen LogP contribution in [0.15, 0.2) is 48.5 Å². The summed E-state index contributed by atoms with van der Waals surface area (Å²) in [6.45, 7) is 1.26. The Bertz CT molecular complexity index is 711. The van der Waals surface area contributed by atoms with Gasteiger partial charge in [0.25, 0.3) is 0 Å². The van der Waals surface area contributed by atoms with Crippen molar-refractivity contribution in [3.8, 4) is 5.75 Å². The standard InChI is InChI=1S/C18H17F3O4/c1-12-5-7-13(8-6-12)16(17(23)24-10-9-22)25-15-4-2-3-14(11-15)18(19,20)21/h2-8,11,16,22H,9-10H2,1H3. The molecule has 1 atom stereocenters. The molecule has 0 amide bonds. The zero-order valence-corrected chi connectivity index (χ0v) is 13.4. The normalized spacial score (nSPS) is 12.5. The number of rotatable bonds is 6. The molecule has 0 bridgehead atoms. The first-order valence-electron chi connectivity index (χ1n) is 7.49. The van der Waals surface area contributed by atoms with Crippen LogP contribution in [0, 0.1) is 6.92 Å². The second-order valence-electron chi connectivity index (χ2n) is 5.33. The Morgan fingerprint density at radius 3 is 2.44 bits per heavy atom. The molecule has 134 valence electrons. The third-order valence-electron chi connectivity index (χ3n) is 3.35. The first-order valence-corrected chi connectivity index (χ1v) is 7.49. The lowest BCUT2D eigenvalue weighted by Crippen LogP contribution is -2.23. The van der Waals surface area contributed by atoms with Crippen molar-refractivity contribution in [3.63, 3.8) is 0 Å². The minimum absolute atomic E-state index is 0.110. The van der Waals surface area contributed by atoms with Crippen LogP contribution in [-0.4, -0.2) is 24.3 Å². The van der Waals surface area contributed by atoms with E-state index in [4.69, 9.17) is 14.6 Å². The first-order chi connectivity index (χ1) is 11.8. The molecule has 1 unspecified atom stereocenters. The van der Waals surface area contributed by atoms with E-state index in [0.717, 1.165) is 17.7 Å². The van der Waals surface area contributed by atoms with Crippen LogP contribution in [-0.2, 0) is 15.7 Å². The van der Waals surface area contributed by atoms with Crippen LogP contribution in [0.5, 0.6) is 5.75 Å². The number of carbonyl (C=O) groups excluding carboxylic acids is 1. The number of carbonyl (C=O) groups is 1. The van der Waals surface area contributed by atoms with Gasteiger partial charge >= 0.3 is 12.1 Å². The largest absolute Gasteiger partial charge is 0.474 e. The molecule has 7 heteroatoms. The van der Waals surface area contributed by atoms with Crippen LogP contribution in [0.2, 0.25) is 0 Å². The molecule has 0 aliphatic carbocycles. The van der Waals surface area contributed by atoms with E-state index in [1.807, 2.05) is 6.92 Å². The third kappa shape index (κ3) is 5.22. The van der Waals surface area contributed by atoms with Gasteiger partial charge in [-0.15, -0.1) is 0 Å². The number of hydrogen-bond donors (Lipinski definition) is 1. The summed E-state index contributed by atoms with van der Waals surface area (Å²) < 4.78 is 48.8. The van der Waals surface area contributed by atoms with E-state index in [1.165, 1.54) is 12.1 Å². The Hall–Kier alpha value is -2.54. The fourth-order valence-corrected chi connectivity index (χ4v) is 2.10. The Balaban J connectivity index is 2.30. The second-order valence-corrected chi connectivity index (χ2v) is 5.33. The van der Waals surface area contributed by atoms with Gasteiger partial charge in [-0.3, -0.25) is 0 Å². The van der Waals surface area contributed by atoms with Crippen LogP contribution in [0.25, 0.3) is 0 Å². The highest BCUT2D eigenvalue weighted by Gasteiger charge is 2.31. The van der Waals surface area contributed by atoms with Crippen molar-refractivity contribution >= 4 is 5.97 Å². The SMILES string of the molecule is Cc1ccc(C(Oc2cccc(C(F)(F)F)c2)C(=O)OCCO)cc1. The second kappa shape index (κ2) is 8.02. The van der Waals surface area contributed by atoms with Gasteiger partial charge < -0.3 is 14.6 Å². The summed E-state index contributed by atoms with van der Waals surface area (Å²) in [4.78, 5) is 12.2. The summed E-state index contributed by atoms with van der Waals surface area (Å²) in [7, 11) is 0. The number of aryl methyl sites for hydroxylation is 1. The Labute approximate surface area is 142 Å². The fraction of sp³-hybridized carbons (Fsp3) is 0.278. The van der Waals surface area contributed by atoms with Crippen molar-refractivity contribution in [2.45, 2.75) is 19.2 Å². The van der Waals surface area contributed by atoms with E-state index in [9.17, 15) is 18.0 Å². The van der Waals surface area contributed by atoms with Gasteiger partial charge in [-0.25, -0.2) is 4.79 Å². The average Bonchev–Trinajstić information content (AvgIpc) is 2.58. The lowest BCUT2D eigenvalue weighted by atomic mass is 10.1. The van der Waals surface area contributed by atoms with Crippen molar-refractivity contribution in [1.29, 1.82) is 0 Å². The molecular formula is C18H17F3O4. The number of halogens is 3. The molecular weight excluding hydrogens is 337 g/mol. The summed E-state index contributed by atoms with van der Waals surface area (Å²) in [5.74, 6) is -0.906. The molecule has 4 nitrogen and oxygen atoms in total. The number of alkyl halides is 3. The predicted molar refractivity (Wildman–Crippen MR) is 84.0 cm³/mol. The van der Waals surface area contributed by atoms with Gasteiger partial charge in [0.05, 0.1) is 12.2 Å². The minimum Gasteiger partial charge on any atom is -0.474 e. The lowest BCUT2D eigenvalue weighted by molar-refractivity contribution is -0.153. The van der Waals surface area contributed by atoms with Gasteiger partial charge in [-0.2, -0.15) is 13.2 Å². The van der Waals surface area contributed by atoms with Crippen molar-refractivity contribution in [2.75, 3.05) is 13.2 Å². The molecule has 2 aromatic rings. The maximum absolute atomic E-state index is 12.8. The summed E-state index contributed by atoms with van der Waals surface area (Å²) >= 11 is 0. The highest BCUT2D eigenvalue weighted by molar-refractivity contribution is 5.77. The molecule has 0 saturated carbocycles. The highest BCUT2D eigenvalue weighted by Crippen LogP contribution is 2.33. The summed E-state index contributed by atoms with van der Waals surface area (Å²) in [6, 6.07) is 11.0. The number of aliphatic hydroxyl groups excluding tert-OH is 1. The maximum Gasteiger partial charge on any atom is 0.416 e. The van der Waals surface area contributed by atoms with Crippen molar-refractivity contribution < 1.29 is 32.5 Å². The molecule has 2 aromatic carbocycles. The van der Waals surface area contributed by atoms with Crippen LogP contribution in [0.3, 0.4) is 0 Å². The topological polar surface area (TPSA) is 55.8 Å². The van der Waals surface area contributed by atoms with Gasteiger partial charge in [-0.1, -0.05) is 35.9 Å². The molecule has 0 saturated heterocycles. The van der Waals surface area contributed by atoms with E-state index in [-0.39, 0.29) is 19.0 Å². The molecule has 2 rings (SSSR count). The molecule has 0 spiro atoms. The van der Waals surface area contributed by atoms with E-state index in [2.05, 4.69) is 0 Å². The molecule has 0 fully saturated rings. The Kier molecular flexibility index (Phi) is 6.03. The number of benzene rings is 2. The Morgan fingerprint density at radius 2 is 1.84 bits per heavy atom. The van der Waals surface area contributed by atoms with Crippen molar-refractivity contribution in [2.24, 2.45) is 0 Å². The van der Waals surface area contributed by atoms with Gasteiger partial charge in [0.1, 0.15) is 12.4 Å². The molecule has 0 radical (unpaired) electrons. The smallest absolute Gasteiger partial charge is 0.416 e. The summed E-state index contributed by atoms with van der Waals surface area (Å²) in [5, 5.41) is 8.78. The zero-order chi connectivity index (χ0) is 18.4. The van der Waals surface area contributed by atoms with Crippen LogP contribution >= 0.6 is 0 Å². The third-order valence-corrected chi connectivity index (χ3v) is 3.35. The Morgan fingerprint density at radius 1 is 1.16 bits per heavy atom. The number of esters is 1. The quantitative estimate of drug-likeness (QED) is 0.805. The number of hydrogen-bond acceptors (Lipinski definition) is 4. The van der Waals surface area contributed by atoms with Gasteiger partial charge in [0, 0.05) is 5.56 Å². The molecule has 25 heavy (non-hydrogen) atoms. The van der Waals surface area contributed by atoms with Gasteiger partial charge in [0.15, 0.2) is 0 Å². The van der Waals surface area contributed by atoms with E-state index in [0.29, 0.717) is 5.56 Å². The molecule has 1 N–H and O–H groups in total. The van der Waals surface area contributed by atoms with E-state index in [1.54, 1.807) is 24.3 Å². The van der Waals surface area contributed by atoms with Gasteiger partial charge in [-0.05, 0) is 25.1 Å². The maximum atomic E-state index is 12.8. The van der Waals surface area contributed by atoms with Crippen LogP contribution < -0.4 is 4.74 Å². The molecule has 0 heterocycles. The van der Waals surface area contributed by atoms with Crippen molar-refractivity contribution in [3.05, 3.63) is 65.2 Å². The molecule has 0 aliphatic rings. The molecule has 0 aromatic heterocycles. The van der Waals surface area contributed by atoms with Crippen LogP contribution in [0.4, 0.5) is 13.2 Å². The number of aliphatic hydroxyl groups is 1. The summed E-state index contributed by atoms with van der Waals surface area (Å²) in [6.07, 6.45) is -5.76. The number of ether oxygens (including phenoxy) is 2.